The number of nitrogens with zero attached hydrogens (tertiary/aromatic N) is 2. The maximum Gasteiger partial charge on any atom is 0.282 e. The van der Waals surface area contributed by atoms with Crippen LogP contribution in [0.3, 0.4) is 0 Å². The van der Waals surface area contributed by atoms with Gasteiger partial charge in [-0.05, 0) is 20.3 Å². The van der Waals surface area contributed by atoms with Crippen molar-refractivity contribution in [1.82, 2.24) is 8.61 Å². The number of ether oxygens (including phenoxy) is 1. The summed E-state index contributed by atoms with van der Waals surface area (Å²) in [7, 11) is -3.45. The van der Waals surface area contributed by atoms with Gasteiger partial charge in [0, 0.05) is 26.2 Å². The molecule has 6 nitrogen and oxygen atoms in total. The van der Waals surface area contributed by atoms with Crippen LogP contribution < -0.4 is 0 Å². The highest BCUT2D eigenvalue weighted by atomic mass is 32.2. The third-order valence-corrected chi connectivity index (χ3v) is 5.56. The van der Waals surface area contributed by atoms with Crippen LogP contribution in [0.1, 0.15) is 33.6 Å². The Balaban J connectivity index is 2.00. The fraction of sp³-hybridized carbons (Fsp3) is 1.00. The van der Waals surface area contributed by atoms with E-state index in [9.17, 15) is 13.5 Å². The Bertz CT molecular complexity index is 409. The van der Waals surface area contributed by atoms with Crippen molar-refractivity contribution in [2.24, 2.45) is 0 Å². The van der Waals surface area contributed by atoms with E-state index < -0.39 is 15.8 Å². The molecule has 1 N–H and O–H groups in total. The quantitative estimate of drug-likeness (QED) is 0.803. The second kappa shape index (κ2) is 5.29. The summed E-state index contributed by atoms with van der Waals surface area (Å²) in [4.78, 5) is 0. The smallest absolute Gasteiger partial charge is 0.282 e. The zero-order valence-corrected chi connectivity index (χ0v) is 12.7. The van der Waals surface area contributed by atoms with Gasteiger partial charge in [0.25, 0.3) is 10.2 Å². The predicted molar refractivity (Wildman–Crippen MR) is 71.9 cm³/mol. The second-order valence-electron chi connectivity index (χ2n) is 5.82. The van der Waals surface area contributed by atoms with Crippen molar-refractivity contribution in [2.45, 2.75) is 51.4 Å². The van der Waals surface area contributed by atoms with Crippen molar-refractivity contribution < 1.29 is 18.3 Å². The maximum absolute atomic E-state index is 12.4. The van der Waals surface area contributed by atoms with Crippen LogP contribution in [-0.4, -0.2) is 66.1 Å². The molecule has 0 saturated carbocycles. The summed E-state index contributed by atoms with van der Waals surface area (Å²) in [5.74, 6) is 0. The molecule has 19 heavy (non-hydrogen) atoms. The Hall–Kier alpha value is -0.210. The van der Waals surface area contributed by atoms with Gasteiger partial charge in [0.05, 0.1) is 17.8 Å². The highest BCUT2D eigenvalue weighted by Crippen LogP contribution is 2.30. The summed E-state index contributed by atoms with van der Waals surface area (Å²) in [6, 6.07) is 0. The molecular weight excluding hydrogens is 268 g/mol. The lowest BCUT2D eigenvalue weighted by atomic mass is 9.92. The zero-order valence-electron chi connectivity index (χ0n) is 11.9. The molecule has 0 aromatic heterocycles. The van der Waals surface area contributed by atoms with Gasteiger partial charge >= 0.3 is 0 Å². The van der Waals surface area contributed by atoms with Gasteiger partial charge < -0.3 is 9.84 Å². The van der Waals surface area contributed by atoms with E-state index in [1.165, 1.54) is 8.61 Å². The Kier molecular flexibility index (Phi) is 4.23. The van der Waals surface area contributed by atoms with E-state index in [1.807, 2.05) is 20.8 Å². The second-order valence-corrected chi connectivity index (χ2v) is 7.75. The Labute approximate surface area is 115 Å². The van der Waals surface area contributed by atoms with Gasteiger partial charge in [-0.15, -0.1) is 0 Å². The Morgan fingerprint density at radius 3 is 2.21 bits per heavy atom. The summed E-state index contributed by atoms with van der Waals surface area (Å²) in [5, 5.41) is 10.1. The highest BCUT2D eigenvalue weighted by Gasteiger charge is 2.48. The molecule has 2 aliphatic heterocycles. The summed E-state index contributed by atoms with van der Waals surface area (Å²) in [6.07, 6.45) is 1.33. The maximum atomic E-state index is 12.4. The van der Waals surface area contributed by atoms with E-state index >= 15 is 0 Å². The minimum absolute atomic E-state index is 0.0886. The zero-order chi connectivity index (χ0) is 14.3. The molecule has 2 rings (SSSR count). The molecule has 2 aliphatic rings. The lowest BCUT2D eigenvalue weighted by Crippen LogP contribution is -2.66. The molecule has 7 heteroatoms. The van der Waals surface area contributed by atoms with Gasteiger partial charge in [0.2, 0.25) is 0 Å². The van der Waals surface area contributed by atoms with E-state index in [-0.39, 0.29) is 25.3 Å². The van der Waals surface area contributed by atoms with Crippen molar-refractivity contribution in [3.63, 3.8) is 0 Å². The average Bonchev–Trinajstić information content (AvgIpc) is 2.24. The average molecular weight is 292 g/mol. The molecule has 2 saturated heterocycles. The first-order chi connectivity index (χ1) is 8.77. The standard InChI is InChI=1S/C12H24N2O4S/c1-4-5-12(15)8-14(9-12)19(16,17)13-6-10(2)18-11(3)7-13/h10-11,15H,4-9H2,1-3H3. The highest BCUT2D eigenvalue weighted by molar-refractivity contribution is 7.86. The predicted octanol–water partition coefficient (Wildman–Crippen LogP) is 0.187. The SMILES string of the molecule is CCCC1(O)CN(S(=O)(=O)N2CC(C)OC(C)C2)C1. The van der Waals surface area contributed by atoms with Crippen LogP contribution >= 0.6 is 0 Å². The van der Waals surface area contributed by atoms with Gasteiger partial charge in [-0.2, -0.15) is 17.0 Å². The van der Waals surface area contributed by atoms with Crippen molar-refractivity contribution in [2.75, 3.05) is 26.2 Å². The minimum Gasteiger partial charge on any atom is -0.387 e. The fourth-order valence-corrected chi connectivity index (χ4v) is 4.81. The molecule has 0 aromatic rings. The van der Waals surface area contributed by atoms with E-state index in [2.05, 4.69) is 0 Å². The van der Waals surface area contributed by atoms with Crippen molar-refractivity contribution in [3.8, 4) is 0 Å². The molecule has 0 amide bonds. The van der Waals surface area contributed by atoms with Crippen molar-refractivity contribution in [3.05, 3.63) is 0 Å². The first-order valence-electron chi connectivity index (χ1n) is 6.90. The number of β-amino-alcohol motifs (C(OH)–C–C–N with tert-alkyl or cyclic N) is 1. The molecule has 2 heterocycles. The van der Waals surface area contributed by atoms with Crippen LogP contribution in [0.15, 0.2) is 0 Å². The summed E-state index contributed by atoms with van der Waals surface area (Å²) in [5.41, 5.74) is -0.828. The molecule has 2 fully saturated rings. The lowest BCUT2D eigenvalue weighted by molar-refractivity contribution is -0.0743. The van der Waals surface area contributed by atoms with Gasteiger partial charge in [0.1, 0.15) is 0 Å². The molecular formula is C12H24N2O4S. The van der Waals surface area contributed by atoms with Gasteiger partial charge in [-0.3, -0.25) is 0 Å². The topological polar surface area (TPSA) is 70.1 Å². The molecule has 0 radical (unpaired) electrons. The van der Waals surface area contributed by atoms with Gasteiger partial charge in [-0.25, -0.2) is 0 Å². The first-order valence-corrected chi connectivity index (χ1v) is 8.29. The lowest BCUT2D eigenvalue weighted by Gasteiger charge is -2.48. The third kappa shape index (κ3) is 3.11. The van der Waals surface area contributed by atoms with Gasteiger partial charge in [-0.1, -0.05) is 13.3 Å². The van der Waals surface area contributed by atoms with E-state index in [0.717, 1.165) is 6.42 Å². The van der Waals surface area contributed by atoms with Crippen LogP contribution in [0.2, 0.25) is 0 Å². The summed E-state index contributed by atoms with van der Waals surface area (Å²) >= 11 is 0. The Morgan fingerprint density at radius 1 is 1.21 bits per heavy atom. The summed E-state index contributed by atoms with van der Waals surface area (Å²) < 4.78 is 33.3. The molecule has 0 bridgehead atoms. The van der Waals surface area contributed by atoms with Gasteiger partial charge in [0.15, 0.2) is 0 Å². The van der Waals surface area contributed by atoms with Crippen molar-refractivity contribution in [1.29, 1.82) is 0 Å². The molecule has 0 spiro atoms. The van der Waals surface area contributed by atoms with E-state index in [1.54, 1.807) is 0 Å². The number of morpholine rings is 1. The molecule has 0 aliphatic carbocycles. The largest absolute Gasteiger partial charge is 0.387 e. The minimum atomic E-state index is -3.45. The van der Waals surface area contributed by atoms with Crippen LogP contribution in [0, 0.1) is 0 Å². The van der Waals surface area contributed by atoms with E-state index in [4.69, 9.17) is 4.74 Å². The molecule has 112 valence electrons. The number of hydrogen-bond donors (Lipinski definition) is 1. The van der Waals surface area contributed by atoms with Crippen LogP contribution in [0.4, 0.5) is 0 Å². The van der Waals surface area contributed by atoms with Crippen LogP contribution in [0.5, 0.6) is 0 Å². The number of aliphatic hydroxyl groups is 1. The Morgan fingerprint density at radius 2 is 1.74 bits per heavy atom. The molecule has 0 aromatic carbocycles. The van der Waals surface area contributed by atoms with Crippen LogP contribution in [0.25, 0.3) is 0 Å². The number of hydrogen-bond acceptors (Lipinski definition) is 4. The van der Waals surface area contributed by atoms with Crippen LogP contribution in [-0.2, 0) is 14.9 Å². The monoisotopic (exact) mass is 292 g/mol. The normalized spacial score (nSPS) is 33.1. The number of rotatable bonds is 4. The molecule has 2 atom stereocenters. The van der Waals surface area contributed by atoms with E-state index in [0.29, 0.717) is 19.5 Å². The first kappa shape index (κ1) is 15.2. The van der Waals surface area contributed by atoms with Crippen molar-refractivity contribution >= 4 is 10.2 Å². The fourth-order valence-electron chi connectivity index (χ4n) is 2.88. The summed E-state index contributed by atoms with van der Waals surface area (Å²) in [6.45, 7) is 6.93. The molecule has 2 unspecified atom stereocenters. The third-order valence-electron chi connectivity index (χ3n) is 3.70.